The van der Waals surface area contributed by atoms with E-state index in [4.69, 9.17) is 9.47 Å². The smallest absolute Gasteiger partial charge is 0.262 e. The van der Waals surface area contributed by atoms with Gasteiger partial charge in [-0.15, -0.1) is 0 Å². The Bertz CT molecular complexity index is 1910. The number of H-pyrrole nitrogens is 1. The molecule has 1 atom stereocenters. The standard InChI is InChI=1S/C31H23N5O6/c37-27-7-6-26(29(38)35-27)36-30(39)21-5-3-19(14-22(21)31(36)40)41-11-12-42-28-8-2-18(15-33-28)17-1-4-20-23-16-32-10-9-24(23)34-25(20)13-17/h1-5,8-10,13-16,26,34H,6-7,11-12H2,(H,35,37,38). The largest absolute Gasteiger partial charge is 0.490 e. The molecule has 208 valence electrons. The molecule has 1 unspecified atom stereocenters. The summed E-state index contributed by atoms with van der Waals surface area (Å²) in [5.74, 6) is -1.39. The molecule has 11 nitrogen and oxygen atoms in total. The van der Waals surface area contributed by atoms with Gasteiger partial charge in [0.2, 0.25) is 17.7 Å². The highest BCUT2D eigenvalue weighted by atomic mass is 16.5. The number of benzene rings is 2. The third kappa shape index (κ3) is 4.40. The van der Waals surface area contributed by atoms with Crippen molar-refractivity contribution < 1.29 is 28.7 Å². The molecule has 0 radical (unpaired) electrons. The zero-order valence-electron chi connectivity index (χ0n) is 22.1. The summed E-state index contributed by atoms with van der Waals surface area (Å²) in [6.45, 7) is 0.376. The number of hydrogen-bond acceptors (Lipinski definition) is 8. The summed E-state index contributed by atoms with van der Waals surface area (Å²) < 4.78 is 11.5. The lowest BCUT2D eigenvalue weighted by Gasteiger charge is -2.27. The normalized spacial score (nSPS) is 16.7. The fraction of sp³-hybridized carbons (Fsp3) is 0.161. The fourth-order valence-electron chi connectivity index (χ4n) is 5.41. The van der Waals surface area contributed by atoms with Gasteiger partial charge in [-0.3, -0.25) is 34.4 Å². The van der Waals surface area contributed by atoms with Gasteiger partial charge >= 0.3 is 0 Å². The maximum Gasteiger partial charge on any atom is 0.262 e. The molecule has 2 aliphatic heterocycles. The molecule has 2 N–H and O–H groups in total. The van der Waals surface area contributed by atoms with Crippen molar-refractivity contribution in [2.45, 2.75) is 18.9 Å². The summed E-state index contributed by atoms with van der Waals surface area (Å²) in [6, 6.07) is 15.4. The Balaban J connectivity index is 0.961. The van der Waals surface area contributed by atoms with Crippen molar-refractivity contribution in [3.8, 4) is 22.8 Å². The molecular formula is C31H23N5O6. The molecule has 7 rings (SSSR count). The average Bonchev–Trinajstić information content (AvgIpc) is 3.49. The van der Waals surface area contributed by atoms with Crippen LogP contribution in [0.25, 0.3) is 32.9 Å². The summed E-state index contributed by atoms with van der Waals surface area (Å²) >= 11 is 0. The fourth-order valence-corrected chi connectivity index (χ4v) is 5.41. The van der Waals surface area contributed by atoms with Crippen LogP contribution in [0.3, 0.4) is 0 Å². The van der Waals surface area contributed by atoms with E-state index in [1.54, 1.807) is 24.5 Å². The number of nitrogens with one attached hydrogen (secondary N) is 2. The van der Waals surface area contributed by atoms with Crippen LogP contribution in [0, 0.1) is 0 Å². The molecule has 1 fully saturated rings. The van der Waals surface area contributed by atoms with Crippen LogP contribution in [-0.4, -0.2) is 62.7 Å². The Morgan fingerprint density at radius 3 is 2.48 bits per heavy atom. The Morgan fingerprint density at radius 2 is 1.64 bits per heavy atom. The lowest BCUT2D eigenvalue weighted by molar-refractivity contribution is -0.136. The number of hydrogen-bond donors (Lipinski definition) is 2. The number of fused-ring (bicyclic) bond motifs is 4. The van der Waals surface area contributed by atoms with E-state index in [0.717, 1.165) is 37.8 Å². The SMILES string of the molecule is O=C1CCC(N2C(=O)c3ccc(OCCOc4ccc(-c5ccc6c(c5)[nH]c5ccncc56)cn4)cc3C2=O)C(=O)N1. The summed E-state index contributed by atoms with van der Waals surface area (Å²) in [6.07, 6.45) is 5.53. The van der Waals surface area contributed by atoms with Crippen molar-refractivity contribution in [3.63, 3.8) is 0 Å². The number of ether oxygens (including phenoxy) is 2. The van der Waals surface area contributed by atoms with E-state index >= 15 is 0 Å². The lowest BCUT2D eigenvalue weighted by Crippen LogP contribution is -2.54. The minimum atomic E-state index is -1.01. The van der Waals surface area contributed by atoms with E-state index in [1.807, 2.05) is 24.4 Å². The van der Waals surface area contributed by atoms with E-state index in [2.05, 4.69) is 32.4 Å². The highest BCUT2D eigenvalue weighted by molar-refractivity contribution is 6.23. The van der Waals surface area contributed by atoms with Crippen LogP contribution in [-0.2, 0) is 9.59 Å². The Morgan fingerprint density at radius 1 is 0.810 bits per heavy atom. The highest BCUT2D eigenvalue weighted by Crippen LogP contribution is 2.31. The van der Waals surface area contributed by atoms with E-state index in [-0.39, 0.29) is 37.2 Å². The van der Waals surface area contributed by atoms with Gasteiger partial charge in [-0.25, -0.2) is 4.98 Å². The van der Waals surface area contributed by atoms with Gasteiger partial charge in [-0.1, -0.05) is 12.1 Å². The quantitative estimate of drug-likeness (QED) is 0.227. The Hall–Kier alpha value is -5.58. The maximum atomic E-state index is 13.0. The van der Waals surface area contributed by atoms with Crippen LogP contribution < -0.4 is 14.8 Å². The predicted molar refractivity (Wildman–Crippen MR) is 151 cm³/mol. The van der Waals surface area contributed by atoms with Crippen molar-refractivity contribution in [1.82, 2.24) is 25.2 Å². The Kier molecular flexibility index (Phi) is 6.11. The van der Waals surface area contributed by atoms with Gasteiger partial charge in [0.15, 0.2) is 0 Å². The maximum absolute atomic E-state index is 13.0. The second kappa shape index (κ2) is 10.1. The monoisotopic (exact) mass is 561 g/mol. The molecular weight excluding hydrogens is 538 g/mol. The number of carbonyl (C=O) groups excluding carboxylic acids is 4. The minimum Gasteiger partial charge on any atom is -0.490 e. The first-order valence-electron chi connectivity index (χ1n) is 13.4. The molecule has 0 saturated carbocycles. The molecule has 3 aromatic heterocycles. The number of amides is 4. The van der Waals surface area contributed by atoms with Crippen molar-refractivity contribution in [2.75, 3.05) is 13.2 Å². The van der Waals surface area contributed by atoms with Crippen LogP contribution in [0.15, 0.2) is 73.2 Å². The number of pyridine rings is 2. The molecule has 5 heterocycles. The second-order valence-corrected chi connectivity index (χ2v) is 10.0. The molecule has 2 aromatic carbocycles. The Labute approximate surface area is 238 Å². The molecule has 0 spiro atoms. The first-order chi connectivity index (χ1) is 20.5. The van der Waals surface area contributed by atoms with Crippen LogP contribution in [0.4, 0.5) is 0 Å². The number of imide groups is 2. The lowest BCUT2D eigenvalue weighted by atomic mass is 10.0. The first kappa shape index (κ1) is 25.4. The van der Waals surface area contributed by atoms with Gasteiger partial charge in [0.25, 0.3) is 11.8 Å². The molecule has 4 amide bonds. The first-order valence-corrected chi connectivity index (χ1v) is 13.4. The number of rotatable bonds is 7. The van der Waals surface area contributed by atoms with Crippen LogP contribution in [0.2, 0.25) is 0 Å². The molecule has 11 heteroatoms. The number of aromatic amines is 1. The van der Waals surface area contributed by atoms with Crippen molar-refractivity contribution >= 4 is 45.4 Å². The van der Waals surface area contributed by atoms with Gasteiger partial charge in [0, 0.05) is 58.4 Å². The van der Waals surface area contributed by atoms with E-state index in [0.29, 0.717) is 11.6 Å². The van der Waals surface area contributed by atoms with E-state index in [9.17, 15) is 19.2 Å². The van der Waals surface area contributed by atoms with Crippen molar-refractivity contribution in [3.05, 3.63) is 84.3 Å². The van der Waals surface area contributed by atoms with E-state index in [1.165, 1.54) is 12.1 Å². The number of piperidine rings is 1. The van der Waals surface area contributed by atoms with Crippen molar-refractivity contribution in [1.29, 1.82) is 0 Å². The van der Waals surface area contributed by atoms with Crippen LogP contribution in [0.5, 0.6) is 11.6 Å². The van der Waals surface area contributed by atoms with Crippen LogP contribution in [0.1, 0.15) is 33.6 Å². The third-order valence-corrected chi connectivity index (χ3v) is 7.48. The molecule has 0 bridgehead atoms. The number of aromatic nitrogens is 3. The zero-order chi connectivity index (χ0) is 28.8. The van der Waals surface area contributed by atoms with Gasteiger partial charge in [0.05, 0.1) is 11.1 Å². The average molecular weight is 562 g/mol. The predicted octanol–water partition coefficient (Wildman–Crippen LogP) is 3.64. The molecule has 0 aliphatic carbocycles. The molecule has 42 heavy (non-hydrogen) atoms. The highest BCUT2D eigenvalue weighted by Gasteiger charge is 2.44. The summed E-state index contributed by atoms with van der Waals surface area (Å²) in [5, 5.41) is 4.38. The molecule has 5 aromatic rings. The molecule has 1 saturated heterocycles. The number of carbonyl (C=O) groups is 4. The minimum absolute atomic E-state index is 0.0641. The molecule has 2 aliphatic rings. The van der Waals surface area contributed by atoms with Gasteiger partial charge < -0.3 is 14.5 Å². The summed E-state index contributed by atoms with van der Waals surface area (Å²) in [5.41, 5.74) is 4.37. The topological polar surface area (TPSA) is 144 Å². The van der Waals surface area contributed by atoms with Gasteiger partial charge in [-0.2, -0.15) is 0 Å². The number of nitrogens with zero attached hydrogens (tertiary/aromatic N) is 3. The second-order valence-electron chi connectivity index (χ2n) is 10.0. The van der Waals surface area contributed by atoms with E-state index < -0.39 is 29.7 Å². The third-order valence-electron chi connectivity index (χ3n) is 7.48. The van der Waals surface area contributed by atoms with Gasteiger partial charge in [-0.05, 0) is 48.4 Å². The van der Waals surface area contributed by atoms with Crippen LogP contribution >= 0.6 is 0 Å². The summed E-state index contributed by atoms with van der Waals surface area (Å²) in [7, 11) is 0. The summed E-state index contributed by atoms with van der Waals surface area (Å²) in [4.78, 5) is 62.5. The van der Waals surface area contributed by atoms with Gasteiger partial charge in [0.1, 0.15) is 25.0 Å². The van der Waals surface area contributed by atoms with Crippen molar-refractivity contribution in [2.24, 2.45) is 0 Å². The zero-order valence-corrected chi connectivity index (χ0v) is 22.1.